The van der Waals surface area contributed by atoms with Gasteiger partial charge >= 0.3 is 5.97 Å². The Morgan fingerprint density at radius 3 is 1.93 bits per heavy atom. The molecule has 0 aliphatic rings. The summed E-state index contributed by atoms with van der Waals surface area (Å²) in [6.07, 6.45) is 2.57. The Morgan fingerprint density at radius 1 is 0.772 bits per heavy atom. The quantitative estimate of drug-likeness (QED) is 0.0291. The Balaban J connectivity index is 1.25. The molecule has 0 N–H and O–H groups in total. The third kappa shape index (κ3) is 8.17. The maximum atomic E-state index is 13.3. The third-order valence-electron chi connectivity index (χ3n) is 9.81. The molecule has 13 heteroatoms. The molecule has 2 aromatic heterocycles. The average molecular weight is 782 g/mol. The second-order valence-electron chi connectivity index (χ2n) is 13.4. The number of hydrogen-bond acceptors (Lipinski definition) is 9. The number of aromatic nitrogens is 6. The summed E-state index contributed by atoms with van der Waals surface area (Å²) in [6.45, 7) is 2.14. The number of imidazole rings is 1. The van der Waals surface area contributed by atoms with Gasteiger partial charge in [-0.25, -0.2) is 14.5 Å². The van der Waals surface area contributed by atoms with Gasteiger partial charge in [-0.05, 0) is 50.2 Å². The number of benzene rings is 5. The lowest BCUT2D eigenvalue weighted by Gasteiger charge is -2.36. The van der Waals surface area contributed by atoms with Crippen LogP contribution in [0.1, 0.15) is 64.8 Å². The van der Waals surface area contributed by atoms with Gasteiger partial charge in [-0.1, -0.05) is 164 Å². The lowest BCUT2D eigenvalue weighted by molar-refractivity contribution is -0.757. The number of hydrogen-bond donors (Lipinski definition) is 0. The number of carbonyl (C=O) groups is 1. The largest absolute Gasteiger partial charge is 0.461 e. The van der Waals surface area contributed by atoms with Crippen molar-refractivity contribution in [3.63, 3.8) is 0 Å². The summed E-state index contributed by atoms with van der Waals surface area (Å²) in [6, 6.07) is 47.0. The van der Waals surface area contributed by atoms with Crippen LogP contribution in [-0.4, -0.2) is 54.0 Å². The molecule has 0 radical (unpaired) electrons. The number of unbranched alkanes of at least 4 members (excludes halogenated alkanes) is 1. The molecule has 0 atom stereocenters. The van der Waals surface area contributed by atoms with E-state index >= 15 is 0 Å². The number of nitrogens with zero attached hydrogens (tertiary/aromatic N) is 7. The van der Waals surface area contributed by atoms with Crippen LogP contribution >= 0.6 is 11.6 Å². The molecule has 0 aliphatic heterocycles. The molecule has 0 bridgehead atoms. The van der Waals surface area contributed by atoms with Crippen molar-refractivity contribution in [1.29, 1.82) is 0 Å². The van der Waals surface area contributed by atoms with Gasteiger partial charge in [-0.3, -0.25) is 0 Å². The van der Waals surface area contributed by atoms with E-state index in [4.69, 9.17) is 21.6 Å². The van der Waals surface area contributed by atoms with Gasteiger partial charge in [0.25, 0.3) is 5.09 Å². The van der Waals surface area contributed by atoms with E-state index in [9.17, 15) is 14.9 Å². The van der Waals surface area contributed by atoms with E-state index in [2.05, 4.69) is 69.5 Å². The van der Waals surface area contributed by atoms with E-state index in [0.29, 0.717) is 24.6 Å². The first kappa shape index (κ1) is 38.6. The fourth-order valence-corrected chi connectivity index (χ4v) is 7.45. The minimum absolute atomic E-state index is 0.0495. The minimum Gasteiger partial charge on any atom is -0.461 e. The topological polar surface area (TPSA) is 140 Å². The molecule has 0 aliphatic carbocycles. The molecule has 7 aromatic rings. The van der Waals surface area contributed by atoms with Crippen LogP contribution in [0.3, 0.4) is 0 Å². The fourth-order valence-electron chi connectivity index (χ4n) is 7.18. The van der Waals surface area contributed by atoms with Gasteiger partial charge in [0.2, 0.25) is 0 Å². The van der Waals surface area contributed by atoms with Crippen LogP contribution in [0.25, 0.3) is 22.5 Å². The van der Waals surface area contributed by atoms with Gasteiger partial charge in [0, 0.05) is 24.9 Å². The van der Waals surface area contributed by atoms with Gasteiger partial charge in [-0.15, -0.1) is 15.2 Å². The molecule has 0 unspecified atom stereocenters. The highest BCUT2D eigenvalue weighted by Gasteiger charge is 2.42. The molecular formula is C44H40ClN7O5. The number of halogens is 1. The maximum Gasteiger partial charge on any atom is 0.358 e. The molecular weight excluding hydrogens is 742 g/mol. The van der Waals surface area contributed by atoms with E-state index in [0.717, 1.165) is 51.8 Å². The first-order chi connectivity index (χ1) is 27.9. The minimum atomic E-state index is -0.914. The summed E-state index contributed by atoms with van der Waals surface area (Å²) in [7, 11) is 0. The Bertz CT molecular complexity index is 2320. The number of rotatable bonds is 17. The van der Waals surface area contributed by atoms with Crippen molar-refractivity contribution < 1.29 is 19.5 Å². The van der Waals surface area contributed by atoms with Crippen LogP contribution in [0.4, 0.5) is 0 Å². The van der Waals surface area contributed by atoms with Crippen molar-refractivity contribution in [3.8, 4) is 22.5 Å². The smallest absolute Gasteiger partial charge is 0.358 e. The Kier molecular flexibility index (Phi) is 12.1. The molecule has 7 rings (SSSR count). The lowest BCUT2D eigenvalue weighted by atomic mass is 9.77. The van der Waals surface area contributed by atoms with E-state index in [1.165, 1.54) is 0 Å². The number of aryl methyl sites for hydroxylation is 1. The molecule has 0 saturated carbocycles. The first-order valence-electron chi connectivity index (χ1n) is 18.7. The molecule has 2 heterocycles. The number of carbonyl (C=O) groups excluding carboxylic acids is 1. The SMILES string of the molecule is CCCCc1nc(Cl)c(C(=O)OCCCO[N+](=O)[O-])n1Cc1ccc(-c2ccccc2-c2nnnn2C(c2ccccc2)(c2ccccc2)c2ccccc2)cc1. The predicted molar refractivity (Wildman–Crippen MR) is 216 cm³/mol. The van der Waals surface area contributed by atoms with E-state index in [-0.39, 0.29) is 30.5 Å². The molecule has 12 nitrogen and oxygen atoms in total. The maximum absolute atomic E-state index is 13.3. The van der Waals surface area contributed by atoms with E-state index < -0.39 is 16.6 Å². The Hall–Kier alpha value is -6.66. The molecule has 57 heavy (non-hydrogen) atoms. The van der Waals surface area contributed by atoms with Gasteiger partial charge in [0.05, 0.1) is 13.2 Å². The van der Waals surface area contributed by atoms with Crippen molar-refractivity contribution in [2.24, 2.45) is 0 Å². The summed E-state index contributed by atoms with van der Waals surface area (Å²) in [5.41, 5.74) is 5.87. The van der Waals surface area contributed by atoms with Crippen molar-refractivity contribution in [1.82, 2.24) is 29.8 Å². The Labute approximate surface area is 334 Å². The highest BCUT2D eigenvalue weighted by atomic mass is 35.5. The standard InChI is InChI=1S/C44H40ClN7O5/c1-2-3-24-39-46-41(45)40(43(53)56-29-15-30-57-52(54)55)50(39)31-32-25-27-33(28-26-32)37-22-13-14-23-38(37)42-47-48-49-51(42)44(34-16-7-4-8-17-34,35-18-9-5-10-19-35)36-20-11-6-12-21-36/h4-14,16-23,25-28H,2-3,15,24,29-31H2,1H3. The van der Waals surface area contributed by atoms with Crippen LogP contribution in [0.2, 0.25) is 5.15 Å². The second kappa shape index (κ2) is 17.9. The van der Waals surface area contributed by atoms with Crippen molar-refractivity contribution in [2.45, 2.75) is 44.7 Å². The van der Waals surface area contributed by atoms with Crippen molar-refractivity contribution >= 4 is 17.6 Å². The Morgan fingerprint density at radius 2 is 1.35 bits per heavy atom. The molecule has 0 saturated heterocycles. The number of tetrazole rings is 1. The zero-order chi connectivity index (χ0) is 39.6. The molecule has 0 amide bonds. The van der Waals surface area contributed by atoms with Gasteiger partial charge < -0.3 is 14.1 Å². The van der Waals surface area contributed by atoms with Crippen LogP contribution in [-0.2, 0) is 28.1 Å². The van der Waals surface area contributed by atoms with Crippen LogP contribution in [0, 0.1) is 10.1 Å². The van der Waals surface area contributed by atoms with Crippen molar-refractivity contribution in [3.05, 3.63) is 189 Å². The fraction of sp³-hybridized carbons (Fsp3) is 0.205. The monoisotopic (exact) mass is 781 g/mol. The number of ether oxygens (including phenoxy) is 1. The summed E-state index contributed by atoms with van der Waals surface area (Å²) in [5, 5.41) is 23.4. The summed E-state index contributed by atoms with van der Waals surface area (Å²) in [5.74, 6) is 0.607. The molecule has 0 fully saturated rings. The van der Waals surface area contributed by atoms with Gasteiger partial charge in [0.1, 0.15) is 11.4 Å². The first-order valence-corrected chi connectivity index (χ1v) is 19.1. The summed E-state index contributed by atoms with van der Waals surface area (Å²) in [4.78, 5) is 32.6. The summed E-state index contributed by atoms with van der Waals surface area (Å²) < 4.78 is 9.15. The molecule has 288 valence electrons. The lowest BCUT2D eigenvalue weighted by Crippen LogP contribution is -2.39. The van der Waals surface area contributed by atoms with Gasteiger partial charge in [0.15, 0.2) is 16.7 Å². The normalized spacial score (nSPS) is 11.3. The van der Waals surface area contributed by atoms with E-state index in [1.807, 2.05) is 102 Å². The highest BCUT2D eigenvalue weighted by molar-refractivity contribution is 6.32. The highest BCUT2D eigenvalue weighted by Crippen LogP contribution is 2.43. The predicted octanol–water partition coefficient (Wildman–Crippen LogP) is 8.84. The van der Waals surface area contributed by atoms with Crippen LogP contribution < -0.4 is 0 Å². The molecule has 0 spiro atoms. The zero-order valence-electron chi connectivity index (χ0n) is 31.3. The third-order valence-corrected chi connectivity index (χ3v) is 10.1. The van der Waals surface area contributed by atoms with Crippen LogP contribution in [0.5, 0.6) is 0 Å². The second-order valence-corrected chi connectivity index (χ2v) is 13.7. The number of esters is 1. The average Bonchev–Trinajstić information content (AvgIpc) is 3.86. The summed E-state index contributed by atoms with van der Waals surface area (Å²) >= 11 is 6.54. The molecule has 5 aromatic carbocycles. The van der Waals surface area contributed by atoms with Gasteiger partial charge in [-0.2, -0.15) is 0 Å². The van der Waals surface area contributed by atoms with E-state index in [1.54, 1.807) is 4.57 Å². The van der Waals surface area contributed by atoms with Crippen molar-refractivity contribution in [2.75, 3.05) is 13.2 Å². The zero-order valence-corrected chi connectivity index (χ0v) is 32.0. The van der Waals surface area contributed by atoms with Crippen LogP contribution in [0.15, 0.2) is 140 Å².